The number of carbonyl (C=O) groups is 1. The third-order valence-corrected chi connectivity index (χ3v) is 3.09. The number of nitrogens with one attached hydrogen (secondary N) is 1. The Kier molecular flexibility index (Phi) is 5.85. The van der Waals surface area contributed by atoms with Crippen LogP contribution in [0.3, 0.4) is 0 Å². The molecule has 0 aromatic heterocycles. The van der Waals surface area contributed by atoms with E-state index in [1.807, 2.05) is 6.92 Å². The number of hydrogen-bond acceptors (Lipinski definition) is 2. The van der Waals surface area contributed by atoms with Gasteiger partial charge in [-0.15, -0.1) is 0 Å². The molecule has 0 spiro atoms. The summed E-state index contributed by atoms with van der Waals surface area (Å²) in [6.45, 7) is 2.34. The maximum Gasteiger partial charge on any atom is 0.252 e. The minimum Gasteiger partial charge on any atom is -0.396 e. The molecule has 0 bridgehead atoms. The summed E-state index contributed by atoms with van der Waals surface area (Å²) in [7, 11) is 0. The van der Waals surface area contributed by atoms with Crippen molar-refractivity contribution in [2.24, 2.45) is 5.92 Å². The van der Waals surface area contributed by atoms with E-state index in [1.54, 1.807) is 0 Å². The fourth-order valence-electron chi connectivity index (χ4n) is 1.38. The van der Waals surface area contributed by atoms with Gasteiger partial charge in [0.15, 0.2) is 0 Å². The van der Waals surface area contributed by atoms with E-state index in [2.05, 4.69) is 5.32 Å². The topological polar surface area (TPSA) is 49.3 Å². The Morgan fingerprint density at radius 2 is 2.11 bits per heavy atom. The first-order valence-corrected chi connectivity index (χ1v) is 6.25. The van der Waals surface area contributed by atoms with Crippen molar-refractivity contribution in [3.8, 4) is 0 Å². The molecular weight excluding hydrogens is 280 g/mol. The highest BCUT2D eigenvalue weighted by molar-refractivity contribution is 6.36. The van der Waals surface area contributed by atoms with Gasteiger partial charge in [0.2, 0.25) is 0 Å². The van der Waals surface area contributed by atoms with Gasteiger partial charge >= 0.3 is 0 Å². The zero-order chi connectivity index (χ0) is 13.7. The molecule has 3 nitrogen and oxygen atoms in total. The van der Waals surface area contributed by atoms with Crippen LogP contribution in [0.15, 0.2) is 12.1 Å². The van der Waals surface area contributed by atoms with E-state index < -0.39 is 11.7 Å². The Hall–Kier alpha value is -0.840. The third-order valence-electron chi connectivity index (χ3n) is 2.49. The lowest BCUT2D eigenvalue weighted by Crippen LogP contribution is -2.29. The van der Waals surface area contributed by atoms with E-state index in [1.165, 1.54) is 6.07 Å². The van der Waals surface area contributed by atoms with Crippen LogP contribution < -0.4 is 5.32 Å². The largest absolute Gasteiger partial charge is 0.396 e. The summed E-state index contributed by atoms with van der Waals surface area (Å²) in [5.41, 5.74) is 0.0507. The number of rotatable bonds is 5. The monoisotopic (exact) mass is 293 g/mol. The smallest absolute Gasteiger partial charge is 0.252 e. The number of carbonyl (C=O) groups excluding carboxylic acids is 1. The number of aliphatic hydroxyl groups excluding tert-OH is 1. The molecule has 1 rings (SSSR count). The molecule has 0 fully saturated rings. The molecule has 0 aliphatic rings. The molecule has 0 saturated heterocycles. The lowest BCUT2D eigenvalue weighted by atomic mass is 10.1. The van der Waals surface area contributed by atoms with Crippen molar-refractivity contribution < 1.29 is 14.3 Å². The van der Waals surface area contributed by atoms with Crippen LogP contribution in [0.5, 0.6) is 0 Å². The van der Waals surface area contributed by atoms with Crippen LogP contribution >= 0.6 is 23.2 Å². The summed E-state index contributed by atoms with van der Waals surface area (Å²) >= 11 is 11.4. The molecule has 6 heteroatoms. The Labute approximate surface area is 115 Å². The van der Waals surface area contributed by atoms with Gasteiger partial charge in [0, 0.05) is 13.2 Å². The maximum absolute atomic E-state index is 13.2. The summed E-state index contributed by atoms with van der Waals surface area (Å²) < 4.78 is 13.2. The van der Waals surface area contributed by atoms with Gasteiger partial charge in [-0.3, -0.25) is 4.79 Å². The van der Waals surface area contributed by atoms with Gasteiger partial charge in [-0.2, -0.15) is 0 Å². The zero-order valence-electron chi connectivity index (χ0n) is 9.84. The van der Waals surface area contributed by atoms with E-state index in [4.69, 9.17) is 28.3 Å². The standard InChI is InChI=1S/C12H14Cl2FNO2/c1-7(2-3-17)6-16-12(18)8-4-11(15)10(14)5-9(8)13/h4-5,7,17H,2-3,6H2,1H3,(H,16,18). The molecule has 0 saturated carbocycles. The number of benzene rings is 1. The molecule has 1 atom stereocenters. The summed E-state index contributed by atoms with van der Waals surface area (Å²) in [6, 6.07) is 2.21. The predicted octanol–water partition coefficient (Wildman–Crippen LogP) is 2.88. The molecule has 2 N–H and O–H groups in total. The van der Waals surface area contributed by atoms with Gasteiger partial charge < -0.3 is 10.4 Å². The molecule has 1 unspecified atom stereocenters. The van der Waals surface area contributed by atoms with E-state index in [-0.39, 0.29) is 28.1 Å². The highest BCUT2D eigenvalue weighted by atomic mass is 35.5. The first kappa shape index (κ1) is 15.2. The van der Waals surface area contributed by atoms with Crippen LogP contribution in [0.2, 0.25) is 10.0 Å². The van der Waals surface area contributed by atoms with Crippen LogP contribution in [0.25, 0.3) is 0 Å². The molecular formula is C12H14Cl2FNO2. The molecule has 1 aromatic carbocycles. The van der Waals surface area contributed by atoms with Crippen molar-refractivity contribution in [2.45, 2.75) is 13.3 Å². The fourth-order valence-corrected chi connectivity index (χ4v) is 1.85. The Morgan fingerprint density at radius 3 is 2.72 bits per heavy atom. The molecule has 0 aliphatic carbocycles. The van der Waals surface area contributed by atoms with Crippen molar-refractivity contribution in [1.82, 2.24) is 5.32 Å². The van der Waals surface area contributed by atoms with Crippen LogP contribution in [-0.4, -0.2) is 24.2 Å². The van der Waals surface area contributed by atoms with E-state index in [0.717, 1.165) is 6.07 Å². The van der Waals surface area contributed by atoms with Crippen LogP contribution in [0.4, 0.5) is 4.39 Å². The Morgan fingerprint density at radius 1 is 1.44 bits per heavy atom. The summed E-state index contributed by atoms with van der Waals surface area (Å²) in [5.74, 6) is -1.01. The number of halogens is 3. The lowest BCUT2D eigenvalue weighted by molar-refractivity contribution is 0.0945. The van der Waals surface area contributed by atoms with Gasteiger partial charge in [0.25, 0.3) is 5.91 Å². The maximum atomic E-state index is 13.2. The molecule has 18 heavy (non-hydrogen) atoms. The van der Waals surface area contributed by atoms with Crippen molar-refractivity contribution in [1.29, 1.82) is 0 Å². The quantitative estimate of drug-likeness (QED) is 0.820. The molecule has 100 valence electrons. The van der Waals surface area contributed by atoms with Gasteiger partial charge in [-0.1, -0.05) is 30.1 Å². The highest BCUT2D eigenvalue weighted by Crippen LogP contribution is 2.24. The summed E-state index contributed by atoms with van der Waals surface area (Å²) in [6.07, 6.45) is 0.586. The van der Waals surface area contributed by atoms with Crippen molar-refractivity contribution in [2.75, 3.05) is 13.2 Å². The van der Waals surface area contributed by atoms with Gasteiger partial charge in [-0.25, -0.2) is 4.39 Å². The third kappa shape index (κ3) is 4.12. The van der Waals surface area contributed by atoms with Crippen LogP contribution in [-0.2, 0) is 0 Å². The SMILES string of the molecule is CC(CCO)CNC(=O)c1cc(F)c(Cl)cc1Cl. The van der Waals surface area contributed by atoms with Gasteiger partial charge in [-0.05, 0) is 24.5 Å². The minimum atomic E-state index is -0.686. The fraction of sp³-hybridized carbons (Fsp3) is 0.417. The average Bonchev–Trinajstić information content (AvgIpc) is 2.31. The van der Waals surface area contributed by atoms with Crippen molar-refractivity contribution in [3.05, 3.63) is 33.6 Å². The predicted molar refractivity (Wildman–Crippen MR) is 69.6 cm³/mol. The molecule has 1 aromatic rings. The molecule has 0 heterocycles. The second-order valence-corrected chi connectivity index (χ2v) is 4.89. The van der Waals surface area contributed by atoms with E-state index in [9.17, 15) is 9.18 Å². The highest BCUT2D eigenvalue weighted by Gasteiger charge is 2.14. The number of hydrogen-bond donors (Lipinski definition) is 2. The average molecular weight is 294 g/mol. The molecule has 0 radical (unpaired) electrons. The summed E-state index contributed by atoms with van der Waals surface area (Å²) in [5, 5.41) is 11.3. The van der Waals surface area contributed by atoms with Gasteiger partial charge in [0.05, 0.1) is 15.6 Å². The molecule has 1 amide bonds. The first-order chi connectivity index (χ1) is 8.45. The lowest BCUT2D eigenvalue weighted by Gasteiger charge is -2.12. The zero-order valence-corrected chi connectivity index (χ0v) is 11.4. The molecule has 0 aliphatic heterocycles. The van der Waals surface area contributed by atoms with E-state index in [0.29, 0.717) is 13.0 Å². The van der Waals surface area contributed by atoms with Crippen LogP contribution in [0.1, 0.15) is 23.7 Å². The second kappa shape index (κ2) is 6.92. The Bertz CT molecular complexity index is 440. The van der Waals surface area contributed by atoms with Crippen molar-refractivity contribution >= 4 is 29.1 Å². The number of aliphatic hydroxyl groups is 1. The Balaban J connectivity index is 2.70. The van der Waals surface area contributed by atoms with Crippen molar-refractivity contribution in [3.63, 3.8) is 0 Å². The number of amides is 1. The van der Waals surface area contributed by atoms with E-state index >= 15 is 0 Å². The van der Waals surface area contributed by atoms with Crippen LogP contribution in [0, 0.1) is 11.7 Å². The normalized spacial score (nSPS) is 12.3. The minimum absolute atomic E-state index is 0.0507. The second-order valence-electron chi connectivity index (χ2n) is 4.07. The van der Waals surface area contributed by atoms with Gasteiger partial charge in [0.1, 0.15) is 5.82 Å². The first-order valence-electron chi connectivity index (χ1n) is 5.49. The summed E-state index contributed by atoms with van der Waals surface area (Å²) in [4.78, 5) is 11.8.